The molecule has 0 spiro atoms. The van der Waals surface area contributed by atoms with Crippen molar-refractivity contribution in [2.24, 2.45) is 5.92 Å². The molecule has 42 heavy (non-hydrogen) atoms. The molecule has 1 aliphatic heterocycles. The van der Waals surface area contributed by atoms with Crippen molar-refractivity contribution in [3.63, 3.8) is 0 Å². The van der Waals surface area contributed by atoms with Crippen molar-refractivity contribution in [1.29, 1.82) is 0 Å². The summed E-state index contributed by atoms with van der Waals surface area (Å²) in [6.07, 6.45) is -9.62. The number of aryl methyl sites for hydroxylation is 2. The first-order valence-corrected chi connectivity index (χ1v) is 14.9. The SMILES string of the molecule is COC1CCC(C(=O)NCC2CCc3cc(C(O)(C(F)(F)F)C(F)(F)F)ccc3N2S(=O)(=O)c2ccc(C)cc2)CC1. The van der Waals surface area contributed by atoms with Crippen LogP contribution in [-0.2, 0) is 31.6 Å². The van der Waals surface area contributed by atoms with Crippen LogP contribution in [0.5, 0.6) is 0 Å². The van der Waals surface area contributed by atoms with E-state index in [1.807, 2.05) is 0 Å². The third-order valence-electron chi connectivity index (χ3n) is 8.10. The average Bonchev–Trinajstić information content (AvgIpc) is 2.93. The number of alkyl halides is 6. The van der Waals surface area contributed by atoms with Crippen molar-refractivity contribution >= 4 is 21.6 Å². The second kappa shape index (κ2) is 11.7. The molecule has 14 heteroatoms. The lowest BCUT2D eigenvalue weighted by Gasteiger charge is -2.39. The molecule has 1 fully saturated rings. The van der Waals surface area contributed by atoms with Gasteiger partial charge in [-0.2, -0.15) is 26.3 Å². The van der Waals surface area contributed by atoms with Gasteiger partial charge in [-0.1, -0.05) is 29.8 Å². The summed E-state index contributed by atoms with van der Waals surface area (Å²) in [6, 6.07) is 6.77. The molecule has 4 rings (SSSR count). The van der Waals surface area contributed by atoms with E-state index in [-0.39, 0.29) is 53.5 Å². The van der Waals surface area contributed by atoms with Gasteiger partial charge in [0.05, 0.1) is 22.7 Å². The largest absolute Gasteiger partial charge is 0.430 e. The third kappa shape index (κ3) is 5.98. The van der Waals surface area contributed by atoms with E-state index >= 15 is 0 Å². The Bertz CT molecular complexity index is 1370. The van der Waals surface area contributed by atoms with E-state index in [4.69, 9.17) is 4.74 Å². The van der Waals surface area contributed by atoms with Gasteiger partial charge in [0, 0.05) is 25.1 Å². The number of nitrogens with zero attached hydrogens (tertiary/aromatic N) is 1. The Kier molecular flexibility index (Phi) is 8.92. The summed E-state index contributed by atoms with van der Waals surface area (Å²) in [4.78, 5) is 12.8. The van der Waals surface area contributed by atoms with Crippen LogP contribution in [0.2, 0.25) is 0 Å². The molecule has 0 radical (unpaired) electrons. The third-order valence-corrected chi connectivity index (χ3v) is 9.98. The number of sulfonamides is 1. The molecular formula is C28H32F6N2O5S. The van der Waals surface area contributed by atoms with E-state index in [2.05, 4.69) is 5.32 Å². The zero-order chi connectivity index (χ0) is 31.1. The number of hydrogen-bond acceptors (Lipinski definition) is 5. The highest BCUT2D eigenvalue weighted by molar-refractivity contribution is 7.92. The number of ether oxygens (including phenoxy) is 1. The maximum absolute atomic E-state index is 13.9. The minimum absolute atomic E-state index is 0.00525. The number of benzene rings is 2. The van der Waals surface area contributed by atoms with Gasteiger partial charge >= 0.3 is 12.4 Å². The standard InChI is InChI=1S/C28H32F6N2O5S/c1-17-3-12-23(13-4-17)42(39,40)36-21(16-35-25(37)18-6-10-22(41-2)11-7-18)9-5-19-15-20(8-14-24(19)36)26(38,27(29,30)31)28(32,33)34/h3-4,8,12-15,18,21-22,38H,5-7,9-11,16H2,1-2H3,(H,35,37). The lowest BCUT2D eigenvalue weighted by atomic mass is 9.86. The molecule has 2 aromatic carbocycles. The van der Waals surface area contributed by atoms with Gasteiger partial charge in [0.15, 0.2) is 0 Å². The number of fused-ring (bicyclic) bond motifs is 1. The van der Waals surface area contributed by atoms with Gasteiger partial charge in [0.1, 0.15) is 0 Å². The first kappa shape index (κ1) is 32.1. The first-order valence-electron chi connectivity index (χ1n) is 13.4. The van der Waals surface area contributed by atoms with Gasteiger partial charge in [-0.25, -0.2) is 8.42 Å². The quantitative estimate of drug-likeness (QED) is 0.417. The van der Waals surface area contributed by atoms with Crippen LogP contribution in [0.4, 0.5) is 32.0 Å². The van der Waals surface area contributed by atoms with Crippen LogP contribution in [0.25, 0.3) is 0 Å². The Morgan fingerprint density at radius 3 is 2.12 bits per heavy atom. The zero-order valence-corrected chi connectivity index (χ0v) is 23.7. The molecule has 0 bridgehead atoms. The van der Waals surface area contributed by atoms with E-state index in [9.17, 15) is 44.7 Å². The second-order valence-electron chi connectivity index (χ2n) is 10.8. The summed E-state index contributed by atoms with van der Waals surface area (Å²) in [5.74, 6) is -0.557. The summed E-state index contributed by atoms with van der Waals surface area (Å²) in [5.41, 5.74) is -6.09. The van der Waals surface area contributed by atoms with Crippen molar-refractivity contribution in [2.45, 2.75) is 80.4 Å². The molecule has 1 atom stereocenters. The highest BCUT2D eigenvalue weighted by atomic mass is 32.2. The molecule has 0 saturated heterocycles. The number of carbonyl (C=O) groups is 1. The molecule has 1 saturated carbocycles. The summed E-state index contributed by atoms with van der Waals surface area (Å²) < 4.78 is 115. The number of amides is 1. The Balaban J connectivity index is 1.70. The number of aliphatic hydroxyl groups is 1. The fraction of sp³-hybridized carbons (Fsp3) is 0.536. The van der Waals surface area contributed by atoms with E-state index in [0.29, 0.717) is 37.8 Å². The number of nitrogens with one attached hydrogen (secondary N) is 1. The topological polar surface area (TPSA) is 95.9 Å². The molecule has 1 heterocycles. The molecule has 7 nitrogen and oxygen atoms in total. The highest BCUT2D eigenvalue weighted by Gasteiger charge is 2.71. The van der Waals surface area contributed by atoms with Crippen LogP contribution in [0.1, 0.15) is 48.8 Å². The molecule has 2 N–H and O–H groups in total. The predicted octanol–water partition coefficient (Wildman–Crippen LogP) is 5.14. The van der Waals surface area contributed by atoms with E-state index in [1.165, 1.54) is 12.1 Å². The lowest BCUT2D eigenvalue weighted by molar-refractivity contribution is -0.376. The fourth-order valence-corrected chi connectivity index (χ4v) is 7.32. The highest BCUT2D eigenvalue weighted by Crippen LogP contribution is 2.51. The first-order chi connectivity index (χ1) is 19.5. The van der Waals surface area contributed by atoms with E-state index in [1.54, 1.807) is 26.2 Å². The van der Waals surface area contributed by atoms with Crippen LogP contribution in [0.15, 0.2) is 47.4 Å². The Labute approximate surface area is 239 Å². The smallest absolute Gasteiger partial charge is 0.381 e. The maximum atomic E-state index is 13.9. The van der Waals surface area contributed by atoms with Crippen LogP contribution < -0.4 is 9.62 Å². The summed E-state index contributed by atoms with van der Waals surface area (Å²) >= 11 is 0. The van der Waals surface area contributed by atoms with Crippen molar-refractivity contribution in [1.82, 2.24) is 5.32 Å². The van der Waals surface area contributed by atoms with Crippen LogP contribution in [0.3, 0.4) is 0 Å². The van der Waals surface area contributed by atoms with Gasteiger partial charge in [-0.05, 0) is 69.2 Å². The lowest BCUT2D eigenvalue weighted by Crippen LogP contribution is -2.54. The number of anilines is 1. The Hall–Kier alpha value is -2.84. The zero-order valence-electron chi connectivity index (χ0n) is 22.9. The molecule has 1 aliphatic carbocycles. The molecule has 1 unspecified atom stereocenters. The van der Waals surface area contributed by atoms with Gasteiger partial charge in [-0.3, -0.25) is 9.10 Å². The molecular weight excluding hydrogens is 590 g/mol. The summed E-state index contributed by atoms with van der Waals surface area (Å²) in [5, 5.41) is 12.7. The molecule has 0 aromatic heterocycles. The van der Waals surface area contributed by atoms with E-state index < -0.39 is 39.6 Å². The minimum atomic E-state index is -6.09. The summed E-state index contributed by atoms with van der Waals surface area (Å²) in [6.45, 7) is 1.62. The molecule has 1 amide bonds. The van der Waals surface area contributed by atoms with Crippen molar-refractivity contribution in [3.8, 4) is 0 Å². The monoisotopic (exact) mass is 622 g/mol. The van der Waals surface area contributed by atoms with Crippen molar-refractivity contribution in [3.05, 3.63) is 59.2 Å². The predicted molar refractivity (Wildman–Crippen MR) is 141 cm³/mol. The fourth-order valence-electron chi connectivity index (χ4n) is 5.61. The number of rotatable bonds is 7. The molecule has 2 aromatic rings. The maximum Gasteiger partial charge on any atom is 0.430 e. The number of halogens is 6. The second-order valence-corrected chi connectivity index (χ2v) is 12.6. The van der Waals surface area contributed by atoms with Crippen molar-refractivity contribution < 1.29 is 49.4 Å². The Morgan fingerprint density at radius 2 is 1.57 bits per heavy atom. The van der Waals surface area contributed by atoms with Crippen molar-refractivity contribution in [2.75, 3.05) is 18.0 Å². The van der Waals surface area contributed by atoms with Crippen LogP contribution >= 0.6 is 0 Å². The van der Waals surface area contributed by atoms with Gasteiger partial charge in [-0.15, -0.1) is 0 Å². The van der Waals surface area contributed by atoms with E-state index in [0.717, 1.165) is 15.9 Å². The normalized spacial score (nSPS) is 22.0. The van der Waals surface area contributed by atoms with Gasteiger partial charge in [0.2, 0.25) is 5.91 Å². The molecule has 2 aliphatic rings. The average molecular weight is 623 g/mol. The number of carbonyl (C=O) groups excluding carboxylic acids is 1. The van der Waals surface area contributed by atoms with Crippen LogP contribution in [-0.4, -0.2) is 57.6 Å². The molecule has 232 valence electrons. The van der Waals surface area contributed by atoms with Crippen LogP contribution in [0, 0.1) is 12.8 Å². The van der Waals surface area contributed by atoms with Gasteiger partial charge in [0.25, 0.3) is 15.6 Å². The summed E-state index contributed by atoms with van der Waals surface area (Å²) in [7, 11) is -2.77. The Morgan fingerprint density at radius 1 is 0.976 bits per heavy atom. The number of methoxy groups -OCH3 is 1. The minimum Gasteiger partial charge on any atom is -0.381 e. The number of hydrogen-bond donors (Lipinski definition) is 2. The van der Waals surface area contributed by atoms with Gasteiger partial charge < -0.3 is 15.2 Å².